The van der Waals surface area contributed by atoms with Crippen molar-refractivity contribution in [1.82, 2.24) is 4.90 Å². The summed E-state index contributed by atoms with van der Waals surface area (Å²) in [5.74, 6) is 0.652. The van der Waals surface area contributed by atoms with E-state index in [1.165, 1.54) is 0 Å². The van der Waals surface area contributed by atoms with Crippen molar-refractivity contribution in [1.29, 1.82) is 0 Å². The molecule has 1 N–H and O–H groups in total. The fourth-order valence-corrected chi connectivity index (χ4v) is 2.29. The molecule has 122 valence electrons. The van der Waals surface area contributed by atoms with Gasteiger partial charge in [-0.25, -0.2) is 0 Å². The third-order valence-corrected chi connectivity index (χ3v) is 3.98. The van der Waals surface area contributed by atoms with Gasteiger partial charge in [0.05, 0.1) is 13.2 Å². The maximum absolute atomic E-state index is 12.4. The smallest absolute Gasteiger partial charge is 0.241 e. The highest BCUT2D eigenvalue weighted by molar-refractivity contribution is 6.30. The molecule has 0 unspecified atom stereocenters. The van der Waals surface area contributed by atoms with Gasteiger partial charge in [0, 0.05) is 23.3 Å². The molecule has 0 bridgehead atoms. The summed E-state index contributed by atoms with van der Waals surface area (Å²) in [5, 5.41) is 3.62. The van der Waals surface area contributed by atoms with E-state index in [0.717, 1.165) is 11.3 Å². The molecule has 0 saturated heterocycles. The molecule has 0 aliphatic rings. The largest absolute Gasteiger partial charge is 0.497 e. The molecule has 0 radical (unpaired) electrons. The Morgan fingerprint density at radius 1 is 1.26 bits per heavy atom. The number of hydrogen-bond acceptors (Lipinski definition) is 3. The molecular weight excluding hydrogens is 312 g/mol. The summed E-state index contributed by atoms with van der Waals surface area (Å²) in [5.41, 5.74) is 1.83. The molecule has 1 atom stereocenters. The number of carbonyl (C=O) groups excluding carboxylic acids is 1. The van der Waals surface area contributed by atoms with E-state index in [4.69, 9.17) is 16.3 Å². The number of ether oxygens (including phenoxy) is 1. The van der Waals surface area contributed by atoms with E-state index in [-0.39, 0.29) is 11.9 Å². The molecule has 1 amide bonds. The zero-order valence-corrected chi connectivity index (χ0v) is 14.3. The van der Waals surface area contributed by atoms with Gasteiger partial charge < -0.3 is 10.1 Å². The average molecular weight is 333 g/mol. The number of hydrogen-bond donors (Lipinski definition) is 1. The van der Waals surface area contributed by atoms with Crippen LogP contribution in [0.5, 0.6) is 5.75 Å². The summed E-state index contributed by atoms with van der Waals surface area (Å²) >= 11 is 5.89. The molecule has 0 aromatic heterocycles. The minimum Gasteiger partial charge on any atom is -0.497 e. The summed E-state index contributed by atoms with van der Waals surface area (Å²) in [4.78, 5) is 14.4. The molecule has 0 aliphatic heterocycles. The summed E-state index contributed by atoms with van der Waals surface area (Å²) in [7, 11) is 3.52. The van der Waals surface area contributed by atoms with Crippen molar-refractivity contribution in [3.8, 4) is 5.75 Å². The average Bonchev–Trinajstić information content (AvgIpc) is 2.56. The number of methoxy groups -OCH3 is 1. The van der Waals surface area contributed by atoms with E-state index in [2.05, 4.69) is 5.32 Å². The van der Waals surface area contributed by atoms with E-state index >= 15 is 0 Å². The van der Waals surface area contributed by atoms with Gasteiger partial charge >= 0.3 is 0 Å². The van der Waals surface area contributed by atoms with Gasteiger partial charge in [-0.15, -0.1) is 0 Å². The standard InChI is InChI=1S/C18H21ClN2O2/c1-13(21(2)12-14-7-9-15(19)10-8-14)18(22)20-16-5-4-6-17(11-16)23-3/h4-11,13H,12H2,1-3H3,(H,20,22)/t13-/m0/s1. The van der Waals surface area contributed by atoms with Gasteiger partial charge in [-0.3, -0.25) is 9.69 Å². The first-order chi connectivity index (χ1) is 11.0. The lowest BCUT2D eigenvalue weighted by molar-refractivity contribution is -0.120. The highest BCUT2D eigenvalue weighted by atomic mass is 35.5. The first kappa shape index (κ1) is 17.3. The molecule has 23 heavy (non-hydrogen) atoms. The van der Waals surface area contributed by atoms with E-state index < -0.39 is 0 Å². The zero-order chi connectivity index (χ0) is 16.8. The van der Waals surface area contributed by atoms with Gasteiger partial charge in [0.1, 0.15) is 5.75 Å². The fourth-order valence-electron chi connectivity index (χ4n) is 2.16. The van der Waals surface area contributed by atoms with Gasteiger partial charge in [0.15, 0.2) is 0 Å². The van der Waals surface area contributed by atoms with E-state index in [1.807, 2.05) is 61.3 Å². The highest BCUT2D eigenvalue weighted by Crippen LogP contribution is 2.18. The molecule has 0 spiro atoms. The number of halogens is 1. The first-order valence-electron chi connectivity index (χ1n) is 7.39. The number of carbonyl (C=O) groups is 1. The third-order valence-electron chi connectivity index (χ3n) is 3.72. The van der Waals surface area contributed by atoms with Crippen LogP contribution in [-0.2, 0) is 11.3 Å². The second-order valence-electron chi connectivity index (χ2n) is 5.44. The zero-order valence-electron chi connectivity index (χ0n) is 13.5. The summed E-state index contributed by atoms with van der Waals surface area (Å²) in [6.07, 6.45) is 0. The van der Waals surface area contributed by atoms with Crippen molar-refractivity contribution in [3.05, 3.63) is 59.1 Å². The van der Waals surface area contributed by atoms with E-state index in [1.54, 1.807) is 13.2 Å². The molecule has 0 heterocycles. The maximum Gasteiger partial charge on any atom is 0.241 e. The lowest BCUT2D eigenvalue weighted by atomic mass is 10.2. The van der Waals surface area contributed by atoms with Crippen LogP contribution in [0.3, 0.4) is 0 Å². The number of nitrogens with zero attached hydrogens (tertiary/aromatic N) is 1. The Balaban J connectivity index is 1.96. The van der Waals surface area contributed by atoms with Crippen LogP contribution in [0.25, 0.3) is 0 Å². The number of nitrogens with one attached hydrogen (secondary N) is 1. The molecule has 2 rings (SSSR count). The molecule has 5 heteroatoms. The molecule has 0 aliphatic carbocycles. The summed E-state index contributed by atoms with van der Waals surface area (Å²) in [6.45, 7) is 2.55. The number of benzene rings is 2. The van der Waals surface area contributed by atoms with Crippen LogP contribution in [0.15, 0.2) is 48.5 Å². The van der Waals surface area contributed by atoms with Gasteiger partial charge in [0.2, 0.25) is 5.91 Å². The second kappa shape index (κ2) is 7.99. The van der Waals surface area contributed by atoms with E-state index in [0.29, 0.717) is 17.3 Å². The van der Waals surface area contributed by atoms with Crippen LogP contribution in [0, 0.1) is 0 Å². The second-order valence-corrected chi connectivity index (χ2v) is 5.88. The van der Waals surface area contributed by atoms with Crippen LogP contribution in [0.4, 0.5) is 5.69 Å². The molecule has 2 aromatic carbocycles. The SMILES string of the molecule is COc1cccc(NC(=O)[C@H](C)N(C)Cc2ccc(Cl)cc2)c1. The minimum absolute atomic E-state index is 0.0604. The van der Waals surface area contributed by atoms with Crippen molar-refractivity contribution in [2.24, 2.45) is 0 Å². The molecular formula is C18H21ClN2O2. The maximum atomic E-state index is 12.4. The third kappa shape index (κ3) is 4.98. The lowest BCUT2D eigenvalue weighted by Crippen LogP contribution is -2.39. The number of likely N-dealkylation sites (N-methyl/N-ethyl adjacent to an activating group) is 1. The Labute approximate surface area is 142 Å². The molecule has 0 fully saturated rings. The normalized spacial score (nSPS) is 12.0. The first-order valence-corrected chi connectivity index (χ1v) is 7.77. The Kier molecular flexibility index (Phi) is 6.02. The number of rotatable bonds is 6. The minimum atomic E-state index is -0.267. The van der Waals surface area contributed by atoms with Crippen molar-refractivity contribution >= 4 is 23.2 Å². The Bertz CT molecular complexity index is 658. The lowest BCUT2D eigenvalue weighted by Gasteiger charge is -2.24. The van der Waals surface area contributed by atoms with Crippen molar-refractivity contribution in [2.75, 3.05) is 19.5 Å². The van der Waals surface area contributed by atoms with Crippen LogP contribution in [0.2, 0.25) is 5.02 Å². The Morgan fingerprint density at radius 2 is 1.96 bits per heavy atom. The van der Waals surface area contributed by atoms with Crippen LogP contribution in [-0.4, -0.2) is 31.0 Å². The van der Waals surface area contributed by atoms with Crippen LogP contribution in [0.1, 0.15) is 12.5 Å². The van der Waals surface area contributed by atoms with Crippen LogP contribution < -0.4 is 10.1 Å². The molecule has 0 saturated carbocycles. The van der Waals surface area contributed by atoms with Gasteiger partial charge in [-0.1, -0.05) is 29.8 Å². The Hall–Kier alpha value is -2.04. The van der Waals surface area contributed by atoms with Crippen molar-refractivity contribution < 1.29 is 9.53 Å². The molecule has 4 nitrogen and oxygen atoms in total. The van der Waals surface area contributed by atoms with Gasteiger partial charge in [-0.05, 0) is 43.8 Å². The summed E-state index contributed by atoms with van der Waals surface area (Å²) in [6, 6.07) is 14.7. The number of amides is 1. The van der Waals surface area contributed by atoms with Crippen molar-refractivity contribution in [2.45, 2.75) is 19.5 Å². The highest BCUT2D eigenvalue weighted by Gasteiger charge is 2.18. The summed E-state index contributed by atoms with van der Waals surface area (Å²) < 4.78 is 5.16. The van der Waals surface area contributed by atoms with Gasteiger partial charge in [-0.2, -0.15) is 0 Å². The van der Waals surface area contributed by atoms with Crippen molar-refractivity contribution in [3.63, 3.8) is 0 Å². The predicted octanol–water partition coefficient (Wildman–Crippen LogP) is 3.81. The Morgan fingerprint density at radius 3 is 2.61 bits per heavy atom. The quantitative estimate of drug-likeness (QED) is 0.874. The predicted molar refractivity (Wildman–Crippen MR) is 94.0 cm³/mol. The van der Waals surface area contributed by atoms with E-state index in [9.17, 15) is 4.79 Å². The fraction of sp³-hybridized carbons (Fsp3) is 0.278. The van der Waals surface area contributed by atoms with Gasteiger partial charge in [0.25, 0.3) is 0 Å². The number of anilines is 1. The molecule has 2 aromatic rings. The monoisotopic (exact) mass is 332 g/mol. The van der Waals surface area contributed by atoms with Crippen LogP contribution >= 0.6 is 11.6 Å². The topological polar surface area (TPSA) is 41.6 Å².